The molecule has 1 unspecified atom stereocenters. The van der Waals surface area contributed by atoms with Gasteiger partial charge in [-0.2, -0.15) is 0 Å². The van der Waals surface area contributed by atoms with Crippen LogP contribution in [-0.2, 0) is 19.1 Å². The Hall–Kier alpha value is -2.93. The smallest absolute Gasteiger partial charge is 0.410 e. The van der Waals surface area contributed by atoms with Crippen molar-refractivity contribution in [1.29, 1.82) is 0 Å². The summed E-state index contributed by atoms with van der Waals surface area (Å²) in [5.74, 6) is -0.452. The molecule has 1 aromatic rings. The normalized spacial score (nSPS) is 11.1. The Kier molecular flexibility index (Phi) is 10.1. The van der Waals surface area contributed by atoms with Crippen LogP contribution in [0.3, 0.4) is 0 Å². The molecule has 1 N–H and O–H groups in total. The van der Waals surface area contributed by atoms with Gasteiger partial charge in [-0.15, -0.1) is 0 Å². The fourth-order valence-corrected chi connectivity index (χ4v) is 2.12. The third kappa shape index (κ3) is 7.31. The average molecular weight is 360 g/mol. The van der Waals surface area contributed by atoms with Gasteiger partial charge in [0.2, 0.25) is 0 Å². The van der Waals surface area contributed by atoms with Crippen LogP contribution in [0, 0.1) is 0 Å². The molecule has 7 heteroatoms. The summed E-state index contributed by atoms with van der Waals surface area (Å²) in [5.41, 5.74) is 0.734. The van der Waals surface area contributed by atoms with Crippen molar-refractivity contribution in [3.63, 3.8) is 0 Å². The lowest BCUT2D eigenvalue weighted by atomic mass is 10.1. The largest absolute Gasteiger partial charge is 0.460 e. The van der Waals surface area contributed by atoms with Crippen molar-refractivity contribution < 1.29 is 23.9 Å². The van der Waals surface area contributed by atoms with Crippen LogP contribution in [0.1, 0.15) is 11.6 Å². The van der Waals surface area contributed by atoms with Crippen molar-refractivity contribution in [3.8, 4) is 0 Å². The van der Waals surface area contributed by atoms with Crippen LogP contribution in [0.25, 0.3) is 0 Å². The zero-order valence-electron chi connectivity index (χ0n) is 14.6. The first kappa shape index (κ1) is 21.1. The van der Waals surface area contributed by atoms with E-state index in [0.717, 1.165) is 5.56 Å². The zero-order chi connectivity index (χ0) is 19.2. The topological polar surface area (TPSA) is 84.9 Å². The van der Waals surface area contributed by atoms with Crippen molar-refractivity contribution in [2.45, 2.75) is 6.04 Å². The minimum absolute atomic E-state index is 0.0577. The molecular weight excluding hydrogens is 336 g/mol. The highest BCUT2D eigenvalue weighted by molar-refractivity contribution is 5.77. The van der Waals surface area contributed by atoms with E-state index in [4.69, 9.17) is 9.47 Å². The standard InChI is InChI=1S/C19H24N2O5/c1-3-14-25-18(23)17(16-8-6-5-7-9-16)20-10-11-21(12-13-22)19(24)26-15-4-2/h3-9,13,17,20H,1-2,10-12,14-15H2. The Bertz CT molecular complexity index is 603. The molecule has 1 atom stereocenters. The van der Waals surface area contributed by atoms with Gasteiger partial charge in [0, 0.05) is 13.1 Å². The van der Waals surface area contributed by atoms with Crippen LogP contribution < -0.4 is 5.32 Å². The number of nitrogens with zero attached hydrogens (tertiary/aromatic N) is 1. The third-order valence-corrected chi connectivity index (χ3v) is 3.32. The Balaban J connectivity index is 2.70. The van der Waals surface area contributed by atoms with E-state index in [1.807, 2.05) is 18.2 Å². The second-order valence-corrected chi connectivity index (χ2v) is 5.19. The molecule has 0 aromatic heterocycles. The van der Waals surface area contributed by atoms with Gasteiger partial charge in [0.1, 0.15) is 25.5 Å². The third-order valence-electron chi connectivity index (χ3n) is 3.32. The van der Waals surface area contributed by atoms with E-state index >= 15 is 0 Å². The number of carbonyl (C=O) groups excluding carboxylic acids is 3. The summed E-state index contributed by atoms with van der Waals surface area (Å²) in [6.07, 6.45) is 2.92. The van der Waals surface area contributed by atoms with Gasteiger partial charge in [0.15, 0.2) is 0 Å². The van der Waals surface area contributed by atoms with E-state index in [1.54, 1.807) is 12.1 Å². The predicted octanol–water partition coefficient (Wildman–Crippen LogP) is 1.87. The van der Waals surface area contributed by atoms with Crippen molar-refractivity contribution in [2.75, 3.05) is 32.8 Å². The minimum Gasteiger partial charge on any atom is -0.460 e. The summed E-state index contributed by atoms with van der Waals surface area (Å²) in [4.78, 5) is 36.2. The maximum absolute atomic E-state index is 12.3. The molecule has 0 aliphatic carbocycles. The molecule has 26 heavy (non-hydrogen) atoms. The van der Waals surface area contributed by atoms with Gasteiger partial charge in [-0.1, -0.05) is 55.6 Å². The Morgan fingerprint density at radius 1 is 1.12 bits per heavy atom. The number of hydrogen-bond acceptors (Lipinski definition) is 6. The van der Waals surface area contributed by atoms with Crippen LogP contribution in [0.4, 0.5) is 4.79 Å². The van der Waals surface area contributed by atoms with E-state index in [9.17, 15) is 14.4 Å². The van der Waals surface area contributed by atoms with Crippen molar-refractivity contribution >= 4 is 18.3 Å². The predicted molar refractivity (Wildman–Crippen MR) is 97.5 cm³/mol. The van der Waals surface area contributed by atoms with E-state index in [-0.39, 0.29) is 32.8 Å². The Morgan fingerprint density at radius 3 is 2.38 bits per heavy atom. The summed E-state index contributed by atoms with van der Waals surface area (Å²) in [6, 6.07) is 8.38. The second-order valence-electron chi connectivity index (χ2n) is 5.19. The molecule has 0 saturated carbocycles. The summed E-state index contributed by atoms with van der Waals surface area (Å²) in [7, 11) is 0. The Morgan fingerprint density at radius 2 is 1.77 bits per heavy atom. The molecule has 140 valence electrons. The maximum Gasteiger partial charge on any atom is 0.410 e. The van der Waals surface area contributed by atoms with Crippen LogP contribution in [0.5, 0.6) is 0 Å². The molecule has 0 radical (unpaired) electrons. The Labute approximate surface area is 153 Å². The van der Waals surface area contributed by atoms with Crippen molar-refractivity contribution in [2.24, 2.45) is 0 Å². The number of rotatable bonds is 12. The number of ether oxygens (including phenoxy) is 2. The van der Waals surface area contributed by atoms with Gasteiger partial charge in [0.05, 0.1) is 6.54 Å². The van der Waals surface area contributed by atoms with Crippen LogP contribution in [0.2, 0.25) is 0 Å². The SMILES string of the molecule is C=CCOC(=O)C(NCCN(CC=O)C(=O)OCC=C)c1ccccc1. The molecule has 1 aromatic carbocycles. The number of amides is 1. The monoisotopic (exact) mass is 360 g/mol. The summed E-state index contributed by atoms with van der Waals surface area (Å²) >= 11 is 0. The maximum atomic E-state index is 12.3. The highest BCUT2D eigenvalue weighted by atomic mass is 16.6. The van der Waals surface area contributed by atoms with E-state index < -0.39 is 18.1 Å². The molecule has 1 amide bonds. The van der Waals surface area contributed by atoms with E-state index in [1.165, 1.54) is 17.1 Å². The molecule has 0 heterocycles. The summed E-state index contributed by atoms with van der Waals surface area (Å²) < 4.78 is 10.0. The van der Waals surface area contributed by atoms with E-state index in [2.05, 4.69) is 18.5 Å². The lowest BCUT2D eigenvalue weighted by Gasteiger charge is -2.22. The first-order valence-electron chi connectivity index (χ1n) is 8.16. The number of benzene rings is 1. The van der Waals surface area contributed by atoms with Gasteiger partial charge >= 0.3 is 12.1 Å². The number of aldehydes is 1. The summed E-state index contributed by atoms with van der Waals surface area (Å²) in [6.45, 7) is 7.50. The second kappa shape index (κ2) is 12.4. The van der Waals surface area contributed by atoms with Gasteiger partial charge in [0.25, 0.3) is 0 Å². The first-order valence-corrected chi connectivity index (χ1v) is 8.16. The lowest BCUT2D eigenvalue weighted by Crippen LogP contribution is -2.40. The van der Waals surface area contributed by atoms with Crippen molar-refractivity contribution in [1.82, 2.24) is 10.2 Å². The molecule has 0 aliphatic rings. The fourth-order valence-electron chi connectivity index (χ4n) is 2.12. The molecule has 0 saturated heterocycles. The number of nitrogens with one attached hydrogen (secondary N) is 1. The zero-order valence-corrected chi connectivity index (χ0v) is 14.6. The number of esters is 1. The molecule has 0 aliphatic heterocycles. The fraction of sp³-hybridized carbons (Fsp3) is 0.316. The number of carbonyl (C=O) groups is 3. The lowest BCUT2D eigenvalue weighted by molar-refractivity contribution is -0.145. The first-order chi connectivity index (χ1) is 12.6. The van der Waals surface area contributed by atoms with Gasteiger partial charge in [-0.25, -0.2) is 9.59 Å². The van der Waals surface area contributed by atoms with Crippen LogP contribution in [0.15, 0.2) is 55.6 Å². The minimum atomic E-state index is -0.696. The molecular formula is C19H24N2O5. The molecule has 1 rings (SSSR count). The quantitative estimate of drug-likeness (QED) is 0.348. The van der Waals surface area contributed by atoms with Gasteiger partial charge < -0.3 is 14.3 Å². The molecule has 7 nitrogen and oxygen atoms in total. The van der Waals surface area contributed by atoms with Gasteiger partial charge in [-0.3, -0.25) is 10.2 Å². The highest BCUT2D eigenvalue weighted by Gasteiger charge is 2.22. The molecule has 0 bridgehead atoms. The number of hydrogen-bond donors (Lipinski definition) is 1. The van der Waals surface area contributed by atoms with Crippen molar-refractivity contribution in [3.05, 3.63) is 61.2 Å². The average Bonchev–Trinajstić information content (AvgIpc) is 2.67. The molecule has 0 fully saturated rings. The van der Waals surface area contributed by atoms with E-state index in [0.29, 0.717) is 6.29 Å². The van der Waals surface area contributed by atoms with Gasteiger partial charge in [-0.05, 0) is 5.56 Å². The highest BCUT2D eigenvalue weighted by Crippen LogP contribution is 2.14. The molecule has 0 spiro atoms. The summed E-state index contributed by atoms with van der Waals surface area (Å²) in [5, 5.41) is 3.05. The van der Waals surface area contributed by atoms with Crippen LogP contribution in [-0.4, -0.2) is 56.1 Å². The van der Waals surface area contributed by atoms with Crippen LogP contribution >= 0.6 is 0 Å².